The minimum Gasteiger partial charge on any atom is -0.507 e. The number of nitrogens with zero attached hydrogens (tertiary/aromatic N) is 2. The van der Waals surface area contributed by atoms with Crippen molar-refractivity contribution in [2.24, 2.45) is 5.10 Å². The molecule has 0 bridgehead atoms. The Balaban J connectivity index is 1.38. The van der Waals surface area contributed by atoms with Crippen molar-refractivity contribution in [3.8, 4) is 17.6 Å². The van der Waals surface area contributed by atoms with E-state index in [2.05, 4.69) is 15.8 Å². The lowest BCUT2D eigenvalue weighted by molar-refractivity contribution is 0.0955. The van der Waals surface area contributed by atoms with Gasteiger partial charge in [0.15, 0.2) is 0 Å². The fraction of sp³-hybridized carbons (Fsp3) is 0.321. The van der Waals surface area contributed by atoms with Crippen molar-refractivity contribution >= 4 is 22.9 Å². The Hall–Kier alpha value is -3.93. The molecule has 1 aliphatic carbocycles. The summed E-state index contributed by atoms with van der Waals surface area (Å²) in [6, 6.07) is 17.7. The molecule has 4 N–H and O–H groups in total. The highest BCUT2D eigenvalue weighted by atomic mass is 16.5. The van der Waals surface area contributed by atoms with E-state index in [1.54, 1.807) is 6.21 Å². The molecule has 4 rings (SSSR count). The molecule has 8 heteroatoms. The molecule has 8 nitrogen and oxygen atoms in total. The molecule has 1 amide bonds. The Labute approximate surface area is 210 Å². The zero-order chi connectivity index (χ0) is 25.3. The summed E-state index contributed by atoms with van der Waals surface area (Å²) in [6.45, 7) is 0.689. The summed E-state index contributed by atoms with van der Waals surface area (Å²) in [6.07, 6.45) is 7.05. The molecule has 1 atom stereocenters. The van der Waals surface area contributed by atoms with Gasteiger partial charge < -0.3 is 20.3 Å². The van der Waals surface area contributed by atoms with Crippen LogP contribution in [0.5, 0.6) is 11.5 Å². The largest absolute Gasteiger partial charge is 0.507 e. The predicted molar refractivity (Wildman–Crippen MR) is 138 cm³/mol. The average Bonchev–Trinajstić information content (AvgIpc) is 2.92. The number of ether oxygens (including phenoxy) is 1. The van der Waals surface area contributed by atoms with E-state index in [-0.39, 0.29) is 23.5 Å². The van der Waals surface area contributed by atoms with Crippen LogP contribution in [0.3, 0.4) is 0 Å². The number of rotatable bonds is 9. The molecule has 3 aromatic carbocycles. The molecule has 0 aromatic heterocycles. The maximum atomic E-state index is 12.4. The Morgan fingerprint density at radius 2 is 1.92 bits per heavy atom. The summed E-state index contributed by atoms with van der Waals surface area (Å²) in [5.74, 6) is -0.0150. The molecule has 1 unspecified atom stereocenters. The third-order valence-electron chi connectivity index (χ3n) is 6.35. The lowest BCUT2D eigenvalue weighted by Gasteiger charge is -2.24. The van der Waals surface area contributed by atoms with Crippen molar-refractivity contribution in [1.29, 1.82) is 5.26 Å². The van der Waals surface area contributed by atoms with Gasteiger partial charge in [0.05, 0.1) is 11.8 Å². The fourth-order valence-electron chi connectivity index (χ4n) is 4.38. The van der Waals surface area contributed by atoms with Crippen molar-refractivity contribution in [2.75, 3.05) is 13.2 Å². The number of amides is 1. The normalized spacial score (nSPS) is 15.0. The van der Waals surface area contributed by atoms with Crippen molar-refractivity contribution in [3.63, 3.8) is 0 Å². The van der Waals surface area contributed by atoms with Gasteiger partial charge in [0, 0.05) is 29.1 Å². The summed E-state index contributed by atoms with van der Waals surface area (Å²) in [4.78, 5) is 12.4. The molecule has 0 radical (unpaired) electrons. The first-order chi connectivity index (χ1) is 17.5. The molecule has 1 fully saturated rings. The molecule has 1 aliphatic rings. The predicted octanol–water partition coefficient (Wildman–Crippen LogP) is 3.84. The third kappa shape index (κ3) is 6.39. The van der Waals surface area contributed by atoms with E-state index >= 15 is 0 Å². The van der Waals surface area contributed by atoms with Crippen LogP contribution in [-0.4, -0.2) is 47.6 Å². The van der Waals surface area contributed by atoms with E-state index in [1.807, 2.05) is 42.5 Å². The maximum Gasteiger partial charge on any atom is 0.271 e. The average molecular weight is 487 g/mol. The summed E-state index contributed by atoms with van der Waals surface area (Å²) in [7, 11) is 0. The second kappa shape index (κ2) is 12.2. The molecule has 1 saturated carbocycles. The minimum absolute atomic E-state index is 0.0168. The van der Waals surface area contributed by atoms with Gasteiger partial charge in [-0.2, -0.15) is 10.4 Å². The number of phenols is 1. The molecular formula is C28H30N4O4. The zero-order valence-corrected chi connectivity index (χ0v) is 20.0. The van der Waals surface area contributed by atoms with Crippen LogP contribution >= 0.6 is 0 Å². The van der Waals surface area contributed by atoms with E-state index in [0.717, 1.165) is 29.2 Å². The Morgan fingerprint density at radius 3 is 2.69 bits per heavy atom. The molecule has 36 heavy (non-hydrogen) atoms. The first-order valence-corrected chi connectivity index (χ1v) is 12.2. The number of nitrogens with one attached hydrogen (secondary N) is 2. The van der Waals surface area contributed by atoms with Crippen LogP contribution in [0.4, 0.5) is 0 Å². The lowest BCUT2D eigenvalue weighted by atomic mass is 9.95. The van der Waals surface area contributed by atoms with Crippen LogP contribution in [0.15, 0.2) is 59.7 Å². The van der Waals surface area contributed by atoms with Gasteiger partial charge in [0.25, 0.3) is 5.91 Å². The molecular weight excluding hydrogens is 456 g/mol. The quantitative estimate of drug-likeness (QED) is 0.269. The second-order valence-corrected chi connectivity index (χ2v) is 8.95. The van der Waals surface area contributed by atoms with Gasteiger partial charge in [0.2, 0.25) is 0 Å². The fourth-order valence-corrected chi connectivity index (χ4v) is 4.38. The molecule has 0 saturated heterocycles. The number of hydrogen-bond donors (Lipinski definition) is 4. The minimum atomic E-state index is -0.608. The van der Waals surface area contributed by atoms with E-state index < -0.39 is 12.0 Å². The number of nitriles is 1. The van der Waals surface area contributed by atoms with Crippen molar-refractivity contribution in [2.45, 2.75) is 44.2 Å². The Morgan fingerprint density at radius 1 is 1.14 bits per heavy atom. The van der Waals surface area contributed by atoms with Crippen molar-refractivity contribution in [3.05, 3.63) is 71.3 Å². The highest BCUT2D eigenvalue weighted by Gasteiger charge is 2.15. The number of hydrazone groups is 1. The first kappa shape index (κ1) is 25.2. The number of aliphatic hydroxyl groups excluding tert-OH is 1. The first-order valence-electron chi connectivity index (χ1n) is 12.2. The van der Waals surface area contributed by atoms with Gasteiger partial charge in [-0.1, -0.05) is 43.5 Å². The number of aromatic hydroxyl groups is 1. The van der Waals surface area contributed by atoms with Gasteiger partial charge in [-0.05, 0) is 48.6 Å². The van der Waals surface area contributed by atoms with Crippen LogP contribution < -0.4 is 15.5 Å². The van der Waals surface area contributed by atoms with Crippen LogP contribution in [0.2, 0.25) is 0 Å². The Bertz CT molecular complexity index is 1280. The zero-order valence-electron chi connectivity index (χ0n) is 20.0. The smallest absolute Gasteiger partial charge is 0.271 e. The number of fused-ring (bicyclic) bond motifs is 1. The van der Waals surface area contributed by atoms with Crippen LogP contribution in [-0.2, 0) is 0 Å². The highest BCUT2D eigenvalue weighted by Crippen LogP contribution is 2.28. The molecule has 0 aliphatic heterocycles. The third-order valence-corrected chi connectivity index (χ3v) is 6.35. The van der Waals surface area contributed by atoms with Crippen LogP contribution in [0, 0.1) is 11.3 Å². The number of carbonyl (C=O) groups is 1. The number of benzene rings is 3. The SMILES string of the molecule is N#Cc1cc(C(=O)NN=Cc2ccc(OCC(O)CNC3CCCCC3)c3ccccc23)ccc1O. The summed E-state index contributed by atoms with van der Waals surface area (Å²) >= 11 is 0. The van der Waals surface area contributed by atoms with Gasteiger partial charge in [0.1, 0.15) is 30.3 Å². The topological polar surface area (TPSA) is 127 Å². The molecule has 0 spiro atoms. The Kier molecular flexibility index (Phi) is 8.50. The van der Waals surface area contributed by atoms with E-state index in [0.29, 0.717) is 18.3 Å². The number of phenolic OH excluding ortho intramolecular Hbond substituents is 1. The lowest BCUT2D eigenvalue weighted by Crippen LogP contribution is -2.38. The molecule has 0 heterocycles. The van der Waals surface area contributed by atoms with Gasteiger partial charge in [-0.15, -0.1) is 0 Å². The van der Waals surface area contributed by atoms with Gasteiger partial charge >= 0.3 is 0 Å². The van der Waals surface area contributed by atoms with Crippen molar-refractivity contribution < 1.29 is 19.7 Å². The van der Waals surface area contributed by atoms with Crippen LogP contribution in [0.25, 0.3) is 10.8 Å². The van der Waals surface area contributed by atoms with Gasteiger partial charge in [-0.3, -0.25) is 4.79 Å². The van der Waals surface area contributed by atoms with E-state index in [4.69, 9.17) is 10.00 Å². The number of aliphatic hydroxyl groups is 1. The van der Waals surface area contributed by atoms with Gasteiger partial charge in [-0.25, -0.2) is 5.43 Å². The van der Waals surface area contributed by atoms with E-state index in [1.165, 1.54) is 37.5 Å². The molecule has 3 aromatic rings. The summed E-state index contributed by atoms with van der Waals surface area (Å²) in [5, 5.41) is 38.3. The van der Waals surface area contributed by atoms with Crippen molar-refractivity contribution in [1.82, 2.24) is 10.7 Å². The molecule has 186 valence electrons. The summed E-state index contributed by atoms with van der Waals surface area (Å²) in [5.41, 5.74) is 3.46. The second-order valence-electron chi connectivity index (χ2n) is 8.95. The highest BCUT2D eigenvalue weighted by molar-refractivity contribution is 6.03. The summed E-state index contributed by atoms with van der Waals surface area (Å²) < 4.78 is 5.96. The monoisotopic (exact) mass is 486 g/mol. The maximum absolute atomic E-state index is 12.4. The van der Waals surface area contributed by atoms with Crippen LogP contribution in [0.1, 0.15) is 53.6 Å². The number of hydrogen-bond acceptors (Lipinski definition) is 7. The standard InChI is InChI=1S/C28H30N4O4/c29-15-21-14-19(10-12-26(21)34)28(35)32-31-16-20-11-13-27(25-9-5-4-8-24(20)25)36-18-23(33)17-30-22-6-2-1-3-7-22/h4-5,8-14,16,22-23,30,33-34H,1-3,6-7,17-18H2,(H,32,35). The number of carbonyl (C=O) groups excluding carboxylic acids is 1. The van der Waals surface area contributed by atoms with E-state index in [9.17, 15) is 15.0 Å².